The number of aromatic nitrogens is 1. The van der Waals surface area contributed by atoms with Crippen molar-refractivity contribution in [1.82, 2.24) is 4.57 Å². The summed E-state index contributed by atoms with van der Waals surface area (Å²) in [4.78, 5) is 14.0. The number of nitrogens with zero attached hydrogens (tertiary/aromatic N) is 1. The summed E-state index contributed by atoms with van der Waals surface area (Å²) in [7, 11) is 0. The van der Waals surface area contributed by atoms with Crippen molar-refractivity contribution in [2.24, 2.45) is 0 Å². The van der Waals surface area contributed by atoms with E-state index in [1.165, 1.54) is 17.6 Å². The molecule has 1 aromatic heterocycles. The number of fused-ring (bicyclic) bond motifs is 2. The van der Waals surface area contributed by atoms with Crippen LogP contribution in [0.2, 0.25) is 0 Å². The maximum absolute atomic E-state index is 15.8. The number of benzene rings is 2. The Balaban J connectivity index is 1.67. The van der Waals surface area contributed by atoms with Gasteiger partial charge in [0.2, 0.25) is 0 Å². The number of hydrogen-bond acceptors (Lipinski definition) is 5. The van der Waals surface area contributed by atoms with Gasteiger partial charge in [0.15, 0.2) is 11.5 Å². The number of rotatable bonds is 9. The zero-order valence-corrected chi connectivity index (χ0v) is 19.8. The Labute approximate surface area is 226 Å². The van der Waals surface area contributed by atoms with Crippen LogP contribution in [0.3, 0.4) is 0 Å². The molecule has 2 heterocycles. The first-order valence-electron chi connectivity index (χ1n) is 16.5. The zero-order chi connectivity index (χ0) is 35.4. The normalized spacial score (nSPS) is 26.6. The lowest BCUT2D eigenvalue weighted by Gasteiger charge is -2.26. The van der Waals surface area contributed by atoms with Gasteiger partial charge in [-0.3, -0.25) is 4.79 Å². The van der Waals surface area contributed by atoms with E-state index in [1.807, 2.05) is 0 Å². The lowest BCUT2D eigenvalue weighted by molar-refractivity contribution is -0.286. The smallest absolute Gasteiger partial charge is 0.395 e. The molecule has 2 aliphatic rings. The quantitative estimate of drug-likeness (QED) is 0.410. The Kier molecular flexibility index (Phi) is 3.80. The molecule has 0 saturated heterocycles. The summed E-state index contributed by atoms with van der Waals surface area (Å²) in [5.41, 5.74) is -5.73. The number of Topliss-reactive ketones (excluding diaryl/α,β-unsaturated/α-hetero) is 1. The van der Waals surface area contributed by atoms with Crippen molar-refractivity contribution in [2.45, 2.75) is 76.1 Å². The van der Waals surface area contributed by atoms with Gasteiger partial charge in [0.1, 0.15) is 11.6 Å². The van der Waals surface area contributed by atoms with E-state index in [4.69, 9.17) is 13.7 Å². The highest BCUT2D eigenvalue weighted by Gasteiger charge is 2.52. The lowest BCUT2D eigenvalue weighted by Crippen LogP contribution is -2.26. The van der Waals surface area contributed by atoms with Gasteiger partial charge in [0.05, 0.1) is 34.3 Å². The van der Waals surface area contributed by atoms with Gasteiger partial charge in [0, 0.05) is 32.5 Å². The molecule has 1 saturated carbocycles. The van der Waals surface area contributed by atoms with Crippen LogP contribution in [0.15, 0.2) is 36.3 Å². The Morgan fingerprint density at radius 2 is 2.03 bits per heavy atom. The highest BCUT2D eigenvalue weighted by molar-refractivity contribution is 5.95. The number of halogens is 3. The summed E-state index contributed by atoms with van der Waals surface area (Å²) in [6.07, 6.45) is -12.9. The Morgan fingerprint density at radius 1 is 1.30 bits per heavy atom. The van der Waals surface area contributed by atoms with Crippen LogP contribution in [0.1, 0.15) is 70.4 Å². The molecule has 9 heteroatoms. The summed E-state index contributed by atoms with van der Waals surface area (Å²) >= 11 is 0. The van der Waals surface area contributed by atoms with E-state index < -0.39 is 108 Å². The van der Waals surface area contributed by atoms with Crippen molar-refractivity contribution < 1.29 is 51.4 Å². The molecule has 1 unspecified atom stereocenters. The molecule has 2 atom stereocenters. The van der Waals surface area contributed by atoms with Gasteiger partial charge >= 0.3 is 6.29 Å². The number of alkyl halides is 2. The number of ketones is 1. The van der Waals surface area contributed by atoms with Crippen molar-refractivity contribution in [3.63, 3.8) is 0 Å². The summed E-state index contributed by atoms with van der Waals surface area (Å²) in [5, 5.41) is 19.9. The number of aliphatic hydroxyl groups excluding tert-OH is 2. The van der Waals surface area contributed by atoms with Crippen LogP contribution in [0.5, 0.6) is 11.5 Å². The van der Waals surface area contributed by atoms with E-state index in [0.717, 1.165) is 12.1 Å². The van der Waals surface area contributed by atoms with Gasteiger partial charge in [-0.05, 0) is 60.6 Å². The molecule has 5 rings (SSSR count). The molecule has 1 fully saturated rings. The van der Waals surface area contributed by atoms with Crippen LogP contribution >= 0.6 is 0 Å². The second-order valence-corrected chi connectivity index (χ2v) is 9.34. The molecule has 2 aromatic carbocycles. The first-order chi connectivity index (χ1) is 21.4. The number of carbonyl (C=O) groups excluding carboxylic acids is 1. The summed E-state index contributed by atoms with van der Waals surface area (Å²) < 4.78 is 137. The molecule has 6 nitrogen and oxygen atoms in total. The molecule has 0 radical (unpaired) electrons. The minimum absolute atomic E-state index is 0.0833. The fourth-order valence-corrected chi connectivity index (χ4v) is 4.31. The molecule has 198 valence electrons. The van der Waals surface area contributed by atoms with E-state index in [1.54, 1.807) is 6.92 Å². The first kappa shape index (κ1) is 16.0. The largest absolute Gasteiger partial charge is 0.586 e. The second-order valence-electron chi connectivity index (χ2n) is 9.34. The van der Waals surface area contributed by atoms with Crippen molar-refractivity contribution in [3.05, 3.63) is 59.0 Å². The Bertz CT molecular complexity index is 1800. The lowest BCUT2D eigenvalue weighted by atomic mass is 9.86. The minimum Gasteiger partial charge on any atom is -0.395 e. The fraction of sp³-hybridized carbons (Fsp3) is 0.464. The predicted molar refractivity (Wildman–Crippen MR) is 131 cm³/mol. The minimum atomic E-state index is -4.35. The molecule has 3 aromatic rings. The second kappa shape index (κ2) is 8.77. The zero-order valence-electron chi connectivity index (χ0n) is 29.8. The molecule has 1 aliphatic heterocycles. The maximum atomic E-state index is 15.8. The Morgan fingerprint density at radius 3 is 2.68 bits per heavy atom. The third-order valence-corrected chi connectivity index (χ3v) is 6.65. The fourth-order valence-electron chi connectivity index (χ4n) is 4.31. The molecule has 0 bridgehead atoms. The molecule has 0 amide bonds. The first-order valence-corrected chi connectivity index (χ1v) is 11.5. The monoisotopic (exact) mass is 527 g/mol. The van der Waals surface area contributed by atoms with Crippen LogP contribution < -0.4 is 9.47 Å². The summed E-state index contributed by atoms with van der Waals surface area (Å²) in [6, 6.07) is 0.124. The van der Waals surface area contributed by atoms with Crippen molar-refractivity contribution in [3.8, 4) is 11.5 Å². The summed E-state index contributed by atoms with van der Waals surface area (Å²) in [6.45, 7) is -0.502. The van der Waals surface area contributed by atoms with E-state index in [9.17, 15) is 23.8 Å². The third kappa shape index (κ3) is 4.48. The van der Waals surface area contributed by atoms with Gasteiger partial charge in [0.25, 0.3) is 0 Å². The van der Waals surface area contributed by atoms with E-state index in [0.29, 0.717) is 0 Å². The van der Waals surface area contributed by atoms with Gasteiger partial charge < -0.3 is 24.3 Å². The highest BCUT2D eigenvalue weighted by Crippen LogP contribution is 2.52. The number of carbonyl (C=O) groups is 1. The highest BCUT2D eigenvalue weighted by atomic mass is 19.3. The van der Waals surface area contributed by atoms with Crippen LogP contribution in [0.4, 0.5) is 13.2 Å². The van der Waals surface area contributed by atoms with Crippen molar-refractivity contribution >= 4 is 16.7 Å². The molecule has 1 aliphatic carbocycles. The van der Waals surface area contributed by atoms with Crippen LogP contribution in [-0.4, -0.2) is 39.6 Å². The average molecular weight is 528 g/mol. The van der Waals surface area contributed by atoms with Crippen LogP contribution in [-0.2, 0) is 28.6 Å². The van der Waals surface area contributed by atoms with E-state index >= 15 is 4.39 Å². The number of ether oxygens (including phenoxy) is 2. The summed E-state index contributed by atoms with van der Waals surface area (Å²) in [5.74, 6) is -4.54. The van der Waals surface area contributed by atoms with Gasteiger partial charge in [-0.15, -0.1) is 8.78 Å². The topological polar surface area (TPSA) is 80.9 Å². The average Bonchev–Trinajstić information content (AvgIpc) is 3.28. The maximum Gasteiger partial charge on any atom is 0.586 e. The molecular weight excluding hydrogens is 487 g/mol. The Hall–Kier alpha value is -3.04. The van der Waals surface area contributed by atoms with Gasteiger partial charge in [-0.2, -0.15) is 0 Å². The van der Waals surface area contributed by atoms with Crippen molar-refractivity contribution in [1.29, 1.82) is 0 Å². The predicted octanol–water partition coefficient (Wildman–Crippen LogP) is 4.99. The number of hydrogen-bond donors (Lipinski definition) is 2. The van der Waals surface area contributed by atoms with Crippen molar-refractivity contribution in [2.75, 3.05) is 6.61 Å². The van der Waals surface area contributed by atoms with Gasteiger partial charge in [-0.1, -0.05) is 26.7 Å². The molecule has 2 N–H and O–H groups in total. The van der Waals surface area contributed by atoms with Crippen LogP contribution in [0.25, 0.3) is 10.9 Å². The van der Waals surface area contributed by atoms with Crippen LogP contribution in [0, 0.1) is 5.82 Å². The number of aliphatic hydroxyl groups is 2. The third-order valence-electron chi connectivity index (χ3n) is 6.65. The van der Waals surface area contributed by atoms with E-state index in [2.05, 4.69) is 9.47 Å². The van der Waals surface area contributed by atoms with E-state index in [-0.39, 0.29) is 29.6 Å². The molecular formula is C28H30F3NO5. The SMILES string of the molecule is [2H]c1c([2H])c(C2(C(=O)Cc3cc4cc(C(C)(CC)C([2H])([2H])[2H])n(C[C@@H](O)CO)c4cc3F)C([2H])([2H])C2([2H])[2H])c([2H])c2c1OC(F)(F)O2. The molecule has 0 spiro atoms. The molecule has 37 heavy (non-hydrogen) atoms. The van der Waals surface area contributed by atoms with Gasteiger partial charge in [-0.25, -0.2) is 4.39 Å². The standard InChI is InChI=1S/C28H30F3NO5/c1-4-26(2,3)24-10-17-9-16(20(29)13-21(17)32(24)14-19(34)15-33)11-25(35)27(7-8-27)18-5-6-22-23(12-18)37-28(30,31)36-22/h5-6,9-10,12-13,19,33-34H,4,7-8,11,14-15H2,1-3H3/t19-/m1/s1/i2D3,5D,6D,7D2,8D2,12D/t19-,26?.